The Hall–Kier alpha value is -4.35. The van der Waals surface area contributed by atoms with Crippen molar-refractivity contribution < 1.29 is 14.3 Å². The quantitative estimate of drug-likeness (QED) is 0.457. The van der Waals surface area contributed by atoms with Gasteiger partial charge in [0.25, 0.3) is 0 Å². The summed E-state index contributed by atoms with van der Waals surface area (Å²) in [5, 5.41) is 19.3. The van der Waals surface area contributed by atoms with Crippen molar-refractivity contribution in [3.8, 4) is 16.9 Å². The summed E-state index contributed by atoms with van der Waals surface area (Å²) in [6.45, 7) is 1.21. The zero-order valence-electron chi connectivity index (χ0n) is 16.7. The summed E-state index contributed by atoms with van der Waals surface area (Å²) in [6.07, 6.45) is 5.76. The number of carbonyl (C=O) groups excluding carboxylic acids is 1. The summed E-state index contributed by atoms with van der Waals surface area (Å²) < 4.78 is 13.3. The molecule has 0 N–H and O–H groups in total. The van der Waals surface area contributed by atoms with Crippen molar-refractivity contribution in [1.29, 1.82) is 0 Å². The number of benzene rings is 1. The van der Waals surface area contributed by atoms with Gasteiger partial charge in [-0.2, -0.15) is 4.80 Å². The van der Waals surface area contributed by atoms with Crippen LogP contribution >= 0.6 is 0 Å². The summed E-state index contributed by atoms with van der Waals surface area (Å²) in [6, 6.07) is 9.41. The van der Waals surface area contributed by atoms with Crippen molar-refractivity contribution in [3.05, 3.63) is 60.9 Å². The minimum absolute atomic E-state index is 0.226. The Morgan fingerprint density at radius 1 is 1.09 bits per heavy atom. The predicted octanol–water partition coefficient (Wildman–Crippen LogP) is 1.16. The molecule has 1 aromatic carbocycles. The first-order chi connectivity index (χ1) is 15.7. The largest absolute Gasteiger partial charge is 0.489 e. The predicted molar refractivity (Wildman–Crippen MR) is 109 cm³/mol. The van der Waals surface area contributed by atoms with Crippen LogP contribution < -0.4 is 9.64 Å². The molecule has 12 nitrogen and oxygen atoms in total. The maximum atomic E-state index is 12.6. The van der Waals surface area contributed by atoms with Gasteiger partial charge in [0.1, 0.15) is 31.0 Å². The fourth-order valence-electron chi connectivity index (χ4n) is 3.98. The molecule has 5 heterocycles. The molecule has 0 radical (unpaired) electrons. The highest BCUT2D eigenvalue weighted by Gasteiger charge is 2.46. The van der Waals surface area contributed by atoms with Gasteiger partial charge < -0.3 is 9.47 Å². The van der Waals surface area contributed by atoms with Crippen molar-refractivity contribution >= 4 is 11.8 Å². The van der Waals surface area contributed by atoms with Crippen LogP contribution in [0.3, 0.4) is 0 Å². The maximum Gasteiger partial charge on any atom is 0.415 e. The Bertz CT molecular complexity index is 1240. The first kappa shape index (κ1) is 18.4. The summed E-state index contributed by atoms with van der Waals surface area (Å²) in [4.78, 5) is 20.2. The number of hydrogen-bond acceptors (Lipinski definition) is 9. The molecule has 2 aliphatic rings. The van der Waals surface area contributed by atoms with E-state index >= 15 is 0 Å². The third kappa shape index (κ3) is 3.21. The Balaban J connectivity index is 1.22. The number of fused-ring (bicyclic) bond motifs is 3. The van der Waals surface area contributed by atoms with E-state index in [0.29, 0.717) is 31.1 Å². The SMILES string of the molecule is O=C1O[C@@H](Cn2ccnn2)[C@@H]2COc3cc(-c4ccc(Cn5ncnn5)nc4)ccc3N12. The Kier molecular flexibility index (Phi) is 4.26. The van der Waals surface area contributed by atoms with Crippen LogP contribution in [0.1, 0.15) is 5.69 Å². The number of cyclic esters (lactones) is 1. The molecule has 12 heteroatoms. The zero-order valence-corrected chi connectivity index (χ0v) is 16.7. The molecule has 6 rings (SSSR count). The molecule has 0 spiro atoms. The van der Waals surface area contributed by atoms with Crippen molar-refractivity contribution in [2.24, 2.45) is 0 Å². The highest BCUT2D eigenvalue weighted by molar-refractivity contribution is 5.94. The van der Waals surface area contributed by atoms with E-state index in [4.69, 9.17) is 9.47 Å². The average molecular weight is 431 g/mol. The van der Waals surface area contributed by atoms with E-state index in [1.807, 2.05) is 30.3 Å². The Labute approximate surface area is 181 Å². The summed E-state index contributed by atoms with van der Waals surface area (Å²) in [5.74, 6) is 0.632. The number of carbonyl (C=O) groups is 1. The van der Waals surface area contributed by atoms with Gasteiger partial charge >= 0.3 is 6.09 Å². The van der Waals surface area contributed by atoms with Crippen molar-refractivity contribution in [2.75, 3.05) is 11.5 Å². The van der Waals surface area contributed by atoms with Crippen LogP contribution in [0.2, 0.25) is 0 Å². The molecule has 0 unspecified atom stereocenters. The second-order valence-electron chi connectivity index (χ2n) is 7.48. The van der Waals surface area contributed by atoms with E-state index in [9.17, 15) is 4.79 Å². The molecule has 2 atom stereocenters. The van der Waals surface area contributed by atoms with Gasteiger partial charge in [-0.05, 0) is 29.0 Å². The highest BCUT2D eigenvalue weighted by Crippen LogP contribution is 2.41. The topological polar surface area (TPSA) is 126 Å². The molecule has 1 saturated heterocycles. The number of pyridine rings is 1. The number of amides is 1. The van der Waals surface area contributed by atoms with Crippen LogP contribution in [-0.2, 0) is 17.8 Å². The van der Waals surface area contributed by atoms with E-state index < -0.39 is 0 Å². The Morgan fingerprint density at radius 2 is 2.03 bits per heavy atom. The fourth-order valence-corrected chi connectivity index (χ4v) is 3.98. The first-order valence-corrected chi connectivity index (χ1v) is 10.0. The third-order valence-electron chi connectivity index (χ3n) is 5.53. The number of aromatic nitrogens is 8. The average Bonchev–Trinajstić information content (AvgIpc) is 3.57. The van der Waals surface area contributed by atoms with Crippen LogP contribution in [0, 0.1) is 0 Å². The van der Waals surface area contributed by atoms with Crippen LogP contribution in [0.5, 0.6) is 5.75 Å². The van der Waals surface area contributed by atoms with E-state index in [-0.39, 0.29) is 18.2 Å². The minimum Gasteiger partial charge on any atom is -0.489 e. The fraction of sp³-hybridized carbons (Fsp3) is 0.250. The van der Waals surface area contributed by atoms with Gasteiger partial charge in [-0.1, -0.05) is 17.3 Å². The van der Waals surface area contributed by atoms with Gasteiger partial charge in [0.15, 0.2) is 6.33 Å². The van der Waals surface area contributed by atoms with Crippen LogP contribution in [0.4, 0.5) is 10.5 Å². The molecule has 3 aromatic heterocycles. The lowest BCUT2D eigenvalue weighted by molar-refractivity contribution is 0.106. The van der Waals surface area contributed by atoms with Crippen LogP contribution in [0.25, 0.3) is 11.1 Å². The number of nitrogens with zero attached hydrogens (tertiary/aromatic N) is 9. The summed E-state index contributed by atoms with van der Waals surface area (Å²) >= 11 is 0. The molecular formula is C20H17N9O3. The lowest BCUT2D eigenvalue weighted by Gasteiger charge is -2.31. The van der Waals surface area contributed by atoms with Gasteiger partial charge in [0, 0.05) is 18.0 Å². The highest BCUT2D eigenvalue weighted by atomic mass is 16.6. The van der Waals surface area contributed by atoms with Gasteiger partial charge in [0.05, 0.1) is 24.1 Å². The number of hydrogen-bond donors (Lipinski definition) is 0. The lowest BCUT2D eigenvalue weighted by atomic mass is 10.0. The van der Waals surface area contributed by atoms with E-state index in [0.717, 1.165) is 16.8 Å². The molecule has 0 bridgehead atoms. The van der Waals surface area contributed by atoms with Crippen molar-refractivity contribution in [1.82, 2.24) is 40.2 Å². The van der Waals surface area contributed by atoms with Crippen LogP contribution in [0.15, 0.2) is 55.2 Å². The molecule has 0 aliphatic carbocycles. The molecular weight excluding hydrogens is 414 g/mol. The van der Waals surface area contributed by atoms with Gasteiger partial charge in [0.2, 0.25) is 0 Å². The summed E-state index contributed by atoms with van der Waals surface area (Å²) in [7, 11) is 0. The van der Waals surface area contributed by atoms with E-state index in [1.54, 1.807) is 28.2 Å². The number of anilines is 1. The third-order valence-corrected chi connectivity index (χ3v) is 5.53. The molecule has 160 valence electrons. The van der Waals surface area contributed by atoms with Crippen molar-refractivity contribution in [3.63, 3.8) is 0 Å². The standard InChI is InChI=1S/C20H17N9O3/c30-20-29-16-4-2-13(14-1-3-15(21-8-14)9-28-24-12-23-26-28)7-18(16)31-11-17(29)19(32-20)10-27-6-5-22-25-27/h1-8,12,17,19H,9-11H2/t17-,19-/m0/s1. The molecule has 32 heavy (non-hydrogen) atoms. The second kappa shape index (κ2) is 7.41. The lowest BCUT2D eigenvalue weighted by Crippen LogP contribution is -2.45. The molecule has 4 aromatic rings. The van der Waals surface area contributed by atoms with Crippen LogP contribution in [-0.4, -0.2) is 65.0 Å². The van der Waals surface area contributed by atoms with Gasteiger partial charge in [-0.3, -0.25) is 9.88 Å². The number of tetrazole rings is 1. The molecule has 1 fully saturated rings. The minimum atomic E-state index is -0.384. The van der Waals surface area contributed by atoms with Gasteiger partial charge in [-0.25, -0.2) is 9.48 Å². The first-order valence-electron chi connectivity index (χ1n) is 10.0. The molecule has 2 aliphatic heterocycles. The smallest absolute Gasteiger partial charge is 0.415 e. The monoisotopic (exact) mass is 431 g/mol. The molecule has 0 saturated carbocycles. The normalized spacial score (nSPS) is 19.2. The maximum absolute atomic E-state index is 12.6. The van der Waals surface area contributed by atoms with E-state index in [1.165, 1.54) is 11.1 Å². The van der Waals surface area contributed by atoms with E-state index in [2.05, 4.69) is 30.7 Å². The van der Waals surface area contributed by atoms with Gasteiger partial charge in [-0.15, -0.1) is 15.3 Å². The van der Waals surface area contributed by atoms with Crippen molar-refractivity contribution in [2.45, 2.75) is 25.2 Å². The second-order valence-corrected chi connectivity index (χ2v) is 7.48. The zero-order chi connectivity index (χ0) is 21.5. The number of ether oxygens (including phenoxy) is 2. The molecule has 1 amide bonds. The Morgan fingerprint density at radius 3 is 2.81 bits per heavy atom. The summed E-state index contributed by atoms with van der Waals surface area (Å²) in [5.41, 5.74) is 3.38. The number of rotatable bonds is 5.